The smallest absolute Gasteiger partial charge is 0.234 e. The largest absolute Gasteiger partial charge is 0.344 e. The number of carbonyl (C=O) groups is 1. The van der Waals surface area contributed by atoms with Gasteiger partial charge in [-0.1, -0.05) is 5.92 Å². The Labute approximate surface area is 108 Å². The topological polar surface area (TPSA) is 32.3 Å². The van der Waals surface area contributed by atoms with Crippen LogP contribution < -0.4 is 5.32 Å². The van der Waals surface area contributed by atoms with Crippen molar-refractivity contribution in [3.05, 3.63) is 20.8 Å². The quantitative estimate of drug-likeness (QED) is 0.840. The van der Waals surface area contributed by atoms with Gasteiger partial charge in [0.05, 0.1) is 16.9 Å². The van der Waals surface area contributed by atoms with E-state index in [0.717, 1.165) is 10.3 Å². The average molecular weight is 301 g/mol. The molecule has 5 heteroatoms. The third kappa shape index (κ3) is 4.79. The van der Waals surface area contributed by atoms with Crippen LogP contribution in [0.4, 0.5) is 0 Å². The molecular formula is C11H13BrN2OS. The summed E-state index contributed by atoms with van der Waals surface area (Å²) in [6.07, 6.45) is 5.05. The van der Waals surface area contributed by atoms with Gasteiger partial charge < -0.3 is 5.32 Å². The third-order valence-corrected chi connectivity index (χ3v) is 3.46. The van der Waals surface area contributed by atoms with E-state index < -0.39 is 0 Å². The lowest BCUT2D eigenvalue weighted by Gasteiger charge is -2.14. The number of amides is 1. The van der Waals surface area contributed by atoms with Crippen molar-refractivity contribution in [2.45, 2.75) is 6.54 Å². The first-order chi connectivity index (χ1) is 7.61. The highest BCUT2D eigenvalue weighted by atomic mass is 79.9. The summed E-state index contributed by atoms with van der Waals surface area (Å²) in [5, 5.41) is 2.63. The summed E-state index contributed by atoms with van der Waals surface area (Å²) in [6.45, 7) is 1.41. The number of thiophene rings is 1. The van der Waals surface area contributed by atoms with E-state index in [1.54, 1.807) is 11.3 Å². The molecule has 86 valence electrons. The molecule has 1 rings (SSSR count). The van der Waals surface area contributed by atoms with Gasteiger partial charge in [-0.05, 0) is 35.1 Å². The molecular weight excluding hydrogens is 288 g/mol. The van der Waals surface area contributed by atoms with Crippen molar-refractivity contribution in [3.8, 4) is 12.3 Å². The molecule has 1 aromatic rings. The van der Waals surface area contributed by atoms with Crippen molar-refractivity contribution in [2.24, 2.45) is 0 Å². The summed E-state index contributed by atoms with van der Waals surface area (Å²) in [7, 11) is 1.91. The molecule has 16 heavy (non-hydrogen) atoms. The van der Waals surface area contributed by atoms with Crippen LogP contribution in [-0.4, -0.2) is 30.9 Å². The van der Waals surface area contributed by atoms with Crippen LogP contribution in [0.1, 0.15) is 4.88 Å². The second-order valence-electron chi connectivity index (χ2n) is 3.36. The van der Waals surface area contributed by atoms with E-state index in [4.69, 9.17) is 6.42 Å². The Morgan fingerprint density at radius 3 is 3.00 bits per heavy atom. The van der Waals surface area contributed by atoms with E-state index in [1.807, 2.05) is 24.1 Å². The SMILES string of the molecule is C#CCNC(=O)CN(C)Cc1ccc(Br)s1. The van der Waals surface area contributed by atoms with Crippen LogP contribution in [0, 0.1) is 12.3 Å². The van der Waals surface area contributed by atoms with Gasteiger partial charge in [-0.3, -0.25) is 9.69 Å². The first kappa shape index (κ1) is 13.2. The van der Waals surface area contributed by atoms with E-state index >= 15 is 0 Å². The highest BCUT2D eigenvalue weighted by molar-refractivity contribution is 9.11. The Balaban J connectivity index is 2.33. The molecule has 3 nitrogen and oxygen atoms in total. The molecule has 0 unspecified atom stereocenters. The molecule has 1 heterocycles. The Bertz CT molecular complexity index is 397. The molecule has 0 fully saturated rings. The Morgan fingerprint density at radius 1 is 1.69 bits per heavy atom. The first-order valence-corrected chi connectivity index (χ1v) is 6.35. The molecule has 0 aliphatic carbocycles. The van der Waals surface area contributed by atoms with Gasteiger partial charge >= 0.3 is 0 Å². The Kier molecular flexibility index (Phi) is 5.53. The van der Waals surface area contributed by atoms with Crippen molar-refractivity contribution < 1.29 is 4.79 Å². The molecule has 1 N–H and O–H groups in total. The number of hydrogen-bond donors (Lipinski definition) is 1. The molecule has 0 aliphatic heterocycles. The van der Waals surface area contributed by atoms with Crippen molar-refractivity contribution in [1.82, 2.24) is 10.2 Å². The molecule has 0 aromatic carbocycles. The fraction of sp³-hybridized carbons (Fsp3) is 0.364. The second kappa shape index (κ2) is 6.69. The second-order valence-corrected chi connectivity index (χ2v) is 5.91. The van der Waals surface area contributed by atoms with Gasteiger partial charge in [0.25, 0.3) is 0 Å². The highest BCUT2D eigenvalue weighted by Gasteiger charge is 2.07. The number of nitrogens with zero attached hydrogens (tertiary/aromatic N) is 1. The summed E-state index contributed by atoms with van der Waals surface area (Å²) < 4.78 is 1.10. The molecule has 0 saturated carbocycles. The monoisotopic (exact) mass is 300 g/mol. The lowest BCUT2D eigenvalue weighted by atomic mass is 10.4. The summed E-state index contributed by atoms with van der Waals surface area (Å²) in [6, 6.07) is 4.05. The molecule has 0 aliphatic rings. The van der Waals surface area contributed by atoms with Crippen molar-refractivity contribution >= 4 is 33.2 Å². The van der Waals surface area contributed by atoms with Crippen LogP contribution in [0.15, 0.2) is 15.9 Å². The van der Waals surface area contributed by atoms with Gasteiger partial charge in [-0.2, -0.15) is 0 Å². The highest BCUT2D eigenvalue weighted by Crippen LogP contribution is 2.22. The van der Waals surface area contributed by atoms with Gasteiger partial charge in [0, 0.05) is 11.4 Å². The number of likely N-dealkylation sites (N-methyl/N-ethyl adjacent to an activating group) is 1. The molecule has 1 aromatic heterocycles. The number of hydrogen-bond acceptors (Lipinski definition) is 3. The number of terminal acetylenes is 1. The summed E-state index contributed by atoms with van der Waals surface area (Å²) >= 11 is 5.08. The van der Waals surface area contributed by atoms with E-state index in [2.05, 4.69) is 27.2 Å². The van der Waals surface area contributed by atoms with Crippen LogP contribution >= 0.6 is 27.3 Å². The lowest BCUT2D eigenvalue weighted by molar-refractivity contribution is -0.121. The zero-order chi connectivity index (χ0) is 12.0. The predicted octanol–water partition coefficient (Wildman–Crippen LogP) is 1.69. The van der Waals surface area contributed by atoms with E-state index in [0.29, 0.717) is 6.54 Å². The Morgan fingerprint density at radius 2 is 2.44 bits per heavy atom. The Hall–Kier alpha value is -0.830. The summed E-state index contributed by atoms with van der Waals surface area (Å²) in [4.78, 5) is 14.5. The van der Waals surface area contributed by atoms with E-state index in [9.17, 15) is 4.79 Å². The maximum absolute atomic E-state index is 11.4. The molecule has 0 saturated heterocycles. The fourth-order valence-corrected chi connectivity index (χ4v) is 2.77. The van der Waals surface area contributed by atoms with Crippen LogP contribution in [0.2, 0.25) is 0 Å². The van der Waals surface area contributed by atoms with E-state index in [-0.39, 0.29) is 12.5 Å². The standard InChI is InChI=1S/C11H13BrN2OS/c1-3-6-13-11(15)8-14(2)7-9-4-5-10(12)16-9/h1,4-5H,6-8H2,2H3,(H,13,15). The minimum atomic E-state index is -0.0453. The summed E-state index contributed by atoms with van der Waals surface area (Å²) in [5.41, 5.74) is 0. The van der Waals surface area contributed by atoms with Gasteiger partial charge in [-0.15, -0.1) is 17.8 Å². The molecule has 0 spiro atoms. The lowest BCUT2D eigenvalue weighted by Crippen LogP contribution is -2.34. The van der Waals surface area contributed by atoms with Crippen LogP contribution in [0.25, 0.3) is 0 Å². The number of carbonyl (C=O) groups excluding carboxylic acids is 1. The van der Waals surface area contributed by atoms with Crippen LogP contribution in [0.5, 0.6) is 0 Å². The van der Waals surface area contributed by atoms with Crippen molar-refractivity contribution in [1.29, 1.82) is 0 Å². The molecule has 0 atom stereocenters. The van der Waals surface area contributed by atoms with Crippen LogP contribution in [0.3, 0.4) is 0 Å². The number of halogens is 1. The van der Waals surface area contributed by atoms with Crippen molar-refractivity contribution in [3.63, 3.8) is 0 Å². The third-order valence-electron chi connectivity index (χ3n) is 1.86. The molecule has 0 radical (unpaired) electrons. The average Bonchev–Trinajstić information content (AvgIpc) is 2.60. The van der Waals surface area contributed by atoms with Gasteiger partial charge in [0.15, 0.2) is 0 Å². The predicted molar refractivity (Wildman–Crippen MR) is 70.2 cm³/mol. The zero-order valence-electron chi connectivity index (χ0n) is 9.00. The maximum Gasteiger partial charge on any atom is 0.234 e. The number of nitrogens with one attached hydrogen (secondary N) is 1. The summed E-state index contributed by atoms with van der Waals surface area (Å²) in [5.74, 6) is 2.32. The van der Waals surface area contributed by atoms with Crippen molar-refractivity contribution in [2.75, 3.05) is 20.1 Å². The van der Waals surface area contributed by atoms with Gasteiger partial charge in [0.2, 0.25) is 5.91 Å². The minimum absolute atomic E-state index is 0.0453. The molecule has 0 bridgehead atoms. The first-order valence-electron chi connectivity index (χ1n) is 4.74. The normalized spacial score (nSPS) is 10.1. The zero-order valence-corrected chi connectivity index (χ0v) is 11.4. The van der Waals surface area contributed by atoms with Gasteiger partial charge in [-0.25, -0.2) is 0 Å². The fourth-order valence-electron chi connectivity index (χ4n) is 1.21. The van der Waals surface area contributed by atoms with Gasteiger partial charge in [0.1, 0.15) is 0 Å². The maximum atomic E-state index is 11.4. The van der Waals surface area contributed by atoms with E-state index in [1.165, 1.54) is 4.88 Å². The molecule has 1 amide bonds. The number of rotatable bonds is 5. The minimum Gasteiger partial charge on any atom is -0.344 e. The van der Waals surface area contributed by atoms with Crippen LogP contribution in [-0.2, 0) is 11.3 Å².